The van der Waals surface area contributed by atoms with E-state index in [1.54, 1.807) is 31.4 Å². The van der Waals surface area contributed by atoms with Crippen LogP contribution < -0.4 is 4.74 Å². The fourth-order valence-electron chi connectivity index (χ4n) is 3.44. The molecule has 0 saturated carbocycles. The Morgan fingerprint density at radius 2 is 1.83 bits per heavy atom. The maximum Gasteiger partial charge on any atom is 0.295 e. The van der Waals surface area contributed by atoms with Crippen molar-refractivity contribution in [2.75, 3.05) is 34.3 Å². The van der Waals surface area contributed by atoms with Crippen LogP contribution in [0.5, 0.6) is 5.75 Å². The topological polar surface area (TPSA) is 70.1 Å². The molecule has 0 bridgehead atoms. The molecule has 1 heterocycles. The molecule has 152 valence electrons. The van der Waals surface area contributed by atoms with E-state index in [1.165, 1.54) is 4.90 Å². The Kier molecular flexibility index (Phi) is 6.03. The Morgan fingerprint density at radius 3 is 2.45 bits per heavy atom. The Hall–Kier alpha value is -3.12. The third-order valence-corrected chi connectivity index (χ3v) is 5.06. The molecular weight excluding hydrogens is 368 g/mol. The number of aliphatic hydroxyl groups is 1. The number of ketones is 1. The van der Waals surface area contributed by atoms with Crippen molar-refractivity contribution in [3.8, 4) is 5.75 Å². The van der Waals surface area contributed by atoms with Gasteiger partial charge < -0.3 is 19.6 Å². The smallest absolute Gasteiger partial charge is 0.295 e. The largest absolute Gasteiger partial charge is 0.507 e. The lowest BCUT2D eigenvalue weighted by Gasteiger charge is -2.26. The summed E-state index contributed by atoms with van der Waals surface area (Å²) in [6.45, 7) is 2.91. The number of hydrogen-bond acceptors (Lipinski definition) is 5. The number of amides is 1. The predicted molar refractivity (Wildman–Crippen MR) is 112 cm³/mol. The van der Waals surface area contributed by atoms with E-state index in [0.717, 1.165) is 11.1 Å². The molecule has 6 nitrogen and oxygen atoms in total. The third kappa shape index (κ3) is 4.17. The highest BCUT2D eigenvalue weighted by Crippen LogP contribution is 2.40. The quantitative estimate of drug-likeness (QED) is 0.463. The monoisotopic (exact) mass is 394 g/mol. The Labute approximate surface area is 171 Å². The van der Waals surface area contributed by atoms with E-state index < -0.39 is 17.7 Å². The zero-order chi connectivity index (χ0) is 21.1. The first-order valence-corrected chi connectivity index (χ1v) is 9.47. The molecule has 6 heteroatoms. The molecule has 0 spiro atoms. The van der Waals surface area contributed by atoms with Crippen LogP contribution in [0.2, 0.25) is 0 Å². The minimum Gasteiger partial charge on any atom is -0.507 e. The predicted octanol–water partition coefficient (Wildman–Crippen LogP) is 2.99. The molecule has 1 aliphatic heterocycles. The summed E-state index contributed by atoms with van der Waals surface area (Å²) in [5.41, 5.74) is 2.37. The summed E-state index contributed by atoms with van der Waals surface area (Å²) in [4.78, 5) is 29.2. The van der Waals surface area contributed by atoms with E-state index in [1.807, 2.05) is 50.2 Å². The molecule has 1 amide bonds. The van der Waals surface area contributed by atoms with Gasteiger partial charge in [0.15, 0.2) is 0 Å². The van der Waals surface area contributed by atoms with Gasteiger partial charge in [0.05, 0.1) is 18.7 Å². The van der Waals surface area contributed by atoms with Crippen LogP contribution in [0.1, 0.15) is 22.7 Å². The maximum atomic E-state index is 12.9. The van der Waals surface area contributed by atoms with E-state index in [4.69, 9.17) is 4.74 Å². The summed E-state index contributed by atoms with van der Waals surface area (Å²) < 4.78 is 5.32. The van der Waals surface area contributed by atoms with Crippen LogP contribution in [0.4, 0.5) is 0 Å². The van der Waals surface area contributed by atoms with E-state index in [9.17, 15) is 14.7 Å². The van der Waals surface area contributed by atoms with E-state index >= 15 is 0 Å². The van der Waals surface area contributed by atoms with Gasteiger partial charge in [0.1, 0.15) is 11.5 Å². The maximum absolute atomic E-state index is 12.9. The summed E-state index contributed by atoms with van der Waals surface area (Å²) >= 11 is 0. The number of hydrogen-bond donors (Lipinski definition) is 1. The first-order chi connectivity index (χ1) is 13.8. The number of carbonyl (C=O) groups is 2. The molecule has 0 unspecified atom stereocenters. The first kappa shape index (κ1) is 20.6. The van der Waals surface area contributed by atoms with E-state index in [0.29, 0.717) is 24.4 Å². The minimum atomic E-state index is -0.675. The number of nitrogens with zero attached hydrogens (tertiary/aromatic N) is 2. The molecule has 1 atom stereocenters. The van der Waals surface area contributed by atoms with E-state index in [-0.39, 0.29) is 11.3 Å². The highest BCUT2D eigenvalue weighted by atomic mass is 16.5. The molecule has 0 aromatic heterocycles. The third-order valence-electron chi connectivity index (χ3n) is 5.06. The number of methoxy groups -OCH3 is 1. The van der Waals surface area contributed by atoms with Crippen molar-refractivity contribution in [1.82, 2.24) is 9.80 Å². The number of aryl methyl sites for hydroxylation is 1. The Morgan fingerprint density at radius 1 is 1.14 bits per heavy atom. The van der Waals surface area contributed by atoms with E-state index in [2.05, 4.69) is 0 Å². The number of rotatable bonds is 6. The lowest BCUT2D eigenvalue weighted by molar-refractivity contribution is -0.140. The van der Waals surface area contributed by atoms with Crippen molar-refractivity contribution in [2.45, 2.75) is 13.0 Å². The number of ether oxygens (including phenoxy) is 1. The lowest BCUT2D eigenvalue weighted by atomic mass is 9.95. The molecule has 1 aliphatic rings. The minimum absolute atomic E-state index is 0.103. The second-order valence-electron chi connectivity index (χ2n) is 7.44. The number of aliphatic hydroxyl groups excluding tert-OH is 1. The summed E-state index contributed by atoms with van der Waals surface area (Å²) in [5, 5.41) is 11.0. The zero-order valence-electron chi connectivity index (χ0n) is 17.2. The standard InChI is InChI=1S/C23H26N2O4/c1-15-8-10-16(11-9-15)21(26)19-20(17-6-5-7-18(14-17)29-4)25(13-12-24(2)3)23(28)22(19)27/h5-11,14,20,26H,12-13H2,1-4H3/b21-19+/t20-/m0/s1. The molecule has 0 aliphatic carbocycles. The molecule has 1 fully saturated rings. The number of benzene rings is 2. The van der Waals surface area contributed by atoms with Crippen LogP contribution in [0.15, 0.2) is 54.1 Å². The highest BCUT2D eigenvalue weighted by molar-refractivity contribution is 6.46. The average Bonchev–Trinajstić information content (AvgIpc) is 2.97. The number of likely N-dealkylation sites (N-methyl/N-ethyl adjacent to an activating group) is 1. The summed E-state index contributed by atoms with van der Waals surface area (Å²) in [6.07, 6.45) is 0. The van der Waals surface area contributed by atoms with Gasteiger partial charge in [0, 0.05) is 18.7 Å². The van der Waals surface area contributed by atoms with Crippen LogP contribution >= 0.6 is 0 Å². The molecule has 2 aromatic carbocycles. The van der Waals surface area contributed by atoms with Gasteiger partial charge >= 0.3 is 0 Å². The average molecular weight is 394 g/mol. The van der Waals surface area contributed by atoms with Crippen molar-refractivity contribution in [2.24, 2.45) is 0 Å². The molecular formula is C23H26N2O4. The Bertz CT molecular complexity index is 948. The molecule has 1 saturated heterocycles. The summed E-state index contributed by atoms with van der Waals surface area (Å²) in [7, 11) is 5.38. The number of Topliss-reactive ketones (excluding diaryl/α,β-unsaturated/α-hetero) is 1. The molecule has 29 heavy (non-hydrogen) atoms. The Balaban J connectivity index is 2.15. The van der Waals surface area contributed by atoms with Crippen molar-refractivity contribution < 1.29 is 19.4 Å². The summed E-state index contributed by atoms with van der Waals surface area (Å²) in [5.74, 6) is -0.817. The molecule has 0 radical (unpaired) electrons. The van der Waals surface area contributed by atoms with Crippen molar-refractivity contribution >= 4 is 17.4 Å². The van der Waals surface area contributed by atoms with Crippen molar-refractivity contribution in [3.05, 3.63) is 70.8 Å². The second-order valence-corrected chi connectivity index (χ2v) is 7.44. The second kappa shape index (κ2) is 8.49. The summed E-state index contributed by atoms with van der Waals surface area (Å²) in [6, 6.07) is 13.8. The van der Waals surface area contributed by atoms with Gasteiger partial charge in [-0.15, -0.1) is 0 Å². The number of carbonyl (C=O) groups excluding carboxylic acids is 2. The van der Waals surface area contributed by atoms with Gasteiger partial charge in [0.2, 0.25) is 0 Å². The fourth-order valence-corrected chi connectivity index (χ4v) is 3.44. The van der Waals surface area contributed by atoms with Crippen LogP contribution in [0.25, 0.3) is 5.76 Å². The molecule has 3 rings (SSSR count). The van der Waals surface area contributed by atoms with Crippen LogP contribution in [0.3, 0.4) is 0 Å². The highest BCUT2D eigenvalue weighted by Gasteiger charge is 2.45. The van der Waals surface area contributed by atoms with Crippen LogP contribution in [-0.4, -0.2) is 60.9 Å². The van der Waals surface area contributed by atoms with Gasteiger partial charge in [-0.25, -0.2) is 0 Å². The van der Waals surface area contributed by atoms with Crippen LogP contribution in [0, 0.1) is 6.92 Å². The number of likely N-dealkylation sites (tertiary alicyclic amines) is 1. The van der Waals surface area contributed by atoms with Crippen LogP contribution in [-0.2, 0) is 9.59 Å². The molecule has 1 N–H and O–H groups in total. The first-order valence-electron chi connectivity index (χ1n) is 9.47. The fraction of sp³-hybridized carbons (Fsp3) is 0.304. The lowest BCUT2D eigenvalue weighted by Crippen LogP contribution is -2.35. The van der Waals surface area contributed by atoms with Crippen molar-refractivity contribution in [1.29, 1.82) is 0 Å². The molecule has 2 aromatic rings. The van der Waals surface area contributed by atoms with Crippen molar-refractivity contribution in [3.63, 3.8) is 0 Å². The van der Waals surface area contributed by atoms with Gasteiger partial charge in [-0.2, -0.15) is 0 Å². The SMILES string of the molecule is COc1cccc([C@H]2/C(=C(\O)c3ccc(C)cc3)C(=O)C(=O)N2CCN(C)C)c1. The van der Waals surface area contributed by atoms with Gasteiger partial charge in [-0.1, -0.05) is 42.0 Å². The van der Waals surface area contributed by atoms with Gasteiger partial charge in [0.25, 0.3) is 11.7 Å². The van der Waals surface area contributed by atoms with Gasteiger partial charge in [-0.05, 0) is 38.7 Å². The van der Waals surface area contributed by atoms with Gasteiger partial charge in [-0.3, -0.25) is 9.59 Å². The normalized spacial score (nSPS) is 18.5. The zero-order valence-corrected chi connectivity index (χ0v) is 17.2.